The molecule has 1 fully saturated rings. The molecule has 0 unspecified atom stereocenters. The molecule has 3 aromatic rings. The maximum atomic E-state index is 6.09. The highest BCUT2D eigenvalue weighted by Crippen LogP contribution is 2.23. The molecule has 32 heavy (non-hydrogen) atoms. The van der Waals surface area contributed by atoms with Crippen molar-refractivity contribution < 1.29 is 9.47 Å². The van der Waals surface area contributed by atoms with Crippen molar-refractivity contribution in [2.75, 3.05) is 31.6 Å². The van der Waals surface area contributed by atoms with Gasteiger partial charge in [0.05, 0.1) is 19.8 Å². The summed E-state index contributed by atoms with van der Waals surface area (Å²) in [5, 5.41) is 3.13. The number of hydrogen-bond donors (Lipinski definition) is 2. The van der Waals surface area contributed by atoms with Crippen molar-refractivity contribution in [3.05, 3.63) is 90.0 Å². The van der Waals surface area contributed by atoms with Gasteiger partial charge in [-0.05, 0) is 35.4 Å². The highest BCUT2D eigenvalue weighted by molar-refractivity contribution is 14.0. The molecule has 0 aromatic heterocycles. The number of hydrogen-bond acceptors (Lipinski definition) is 4. The largest absolute Gasteiger partial charge is 0.457 e. The van der Waals surface area contributed by atoms with Crippen molar-refractivity contribution >= 4 is 35.6 Å². The molecule has 1 heterocycles. The van der Waals surface area contributed by atoms with Crippen molar-refractivity contribution in [2.24, 2.45) is 10.7 Å². The Labute approximate surface area is 206 Å². The average molecular weight is 544 g/mol. The van der Waals surface area contributed by atoms with Crippen molar-refractivity contribution in [1.29, 1.82) is 0 Å². The Kier molecular flexibility index (Phi) is 9.33. The maximum Gasteiger partial charge on any atom is 0.193 e. The van der Waals surface area contributed by atoms with E-state index in [0.717, 1.165) is 55.6 Å². The fourth-order valence-electron chi connectivity index (χ4n) is 3.39. The van der Waals surface area contributed by atoms with Crippen LogP contribution in [0.15, 0.2) is 83.9 Å². The van der Waals surface area contributed by atoms with Crippen molar-refractivity contribution in [2.45, 2.75) is 13.1 Å². The maximum absolute atomic E-state index is 6.09. The minimum absolute atomic E-state index is 0. The molecule has 3 N–H and O–H groups in total. The van der Waals surface area contributed by atoms with E-state index in [1.165, 1.54) is 5.56 Å². The van der Waals surface area contributed by atoms with E-state index in [0.29, 0.717) is 12.5 Å². The number of rotatable bonds is 7. The van der Waals surface area contributed by atoms with Gasteiger partial charge in [0, 0.05) is 31.4 Å². The zero-order valence-corrected chi connectivity index (χ0v) is 20.3. The number of benzene rings is 3. The SMILES string of the molecule is I.NC(=NCc1ccc(CN2CCOCC2)cc1)Nc1cccc(Oc2ccccc2)c1. The predicted molar refractivity (Wildman–Crippen MR) is 140 cm³/mol. The van der Waals surface area contributed by atoms with Gasteiger partial charge in [0.25, 0.3) is 0 Å². The minimum Gasteiger partial charge on any atom is -0.457 e. The molecule has 0 atom stereocenters. The summed E-state index contributed by atoms with van der Waals surface area (Å²) in [6, 6.07) is 25.9. The van der Waals surface area contributed by atoms with Crippen LogP contribution in [-0.2, 0) is 17.8 Å². The summed E-state index contributed by atoms with van der Waals surface area (Å²) in [6.07, 6.45) is 0. The third-order valence-corrected chi connectivity index (χ3v) is 5.05. The first-order chi connectivity index (χ1) is 15.2. The lowest BCUT2D eigenvalue weighted by Crippen LogP contribution is -2.35. The standard InChI is InChI=1S/C25H28N4O2.HI/c26-25(28-22-5-4-8-24(17-22)31-23-6-2-1-3-7-23)27-18-20-9-11-21(12-10-20)19-29-13-15-30-16-14-29;/h1-12,17H,13-16,18-19H2,(H3,26,27,28);1H. The molecule has 0 spiro atoms. The Morgan fingerprint density at radius 1 is 0.906 bits per heavy atom. The van der Waals surface area contributed by atoms with Gasteiger partial charge in [0.1, 0.15) is 11.5 Å². The number of aliphatic imine (C=N–C) groups is 1. The van der Waals surface area contributed by atoms with Gasteiger partial charge < -0.3 is 20.5 Å². The third kappa shape index (κ3) is 7.51. The number of ether oxygens (including phenoxy) is 2. The molecule has 0 saturated carbocycles. The van der Waals surface area contributed by atoms with Gasteiger partial charge in [-0.15, -0.1) is 24.0 Å². The van der Waals surface area contributed by atoms with E-state index in [1.807, 2.05) is 54.6 Å². The first-order valence-electron chi connectivity index (χ1n) is 10.5. The fraction of sp³-hybridized carbons (Fsp3) is 0.240. The molecule has 0 bridgehead atoms. The van der Waals surface area contributed by atoms with E-state index < -0.39 is 0 Å². The number of nitrogens with two attached hydrogens (primary N) is 1. The molecule has 3 aromatic carbocycles. The molecule has 168 valence electrons. The molecule has 1 aliphatic heterocycles. The Hall–Kier alpha value is -2.62. The van der Waals surface area contributed by atoms with Gasteiger partial charge in [0.15, 0.2) is 5.96 Å². The van der Waals surface area contributed by atoms with E-state index in [2.05, 4.69) is 39.5 Å². The first-order valence-corrected chi connectivity index (χ1v) is 10.5. The molecule has 0 aliphatic carbocycles. The van der Waals surface area contributed by atoms with Crippen LogP contribution < -0.4 is 15.8 Å². The van der Waals surface area contributed by atoms with Gasteiger partial charge in [-0.2, -0.15) is 0 Å². The summed E-state index contributed by atoms with van der Waals surface area (Å²) < 4.78 is 11.3. The highest BCUT2D eigenvalue weighted by Gasteiger charge is 2.10. The fourth-order valence-corrected chi connectivity index (χ4v) is 3.39. The lowest BCUT2D eigenvalue weighted by molar-refractivity contribution is 0.0342. The number of halogens is 1. The van der Waals surface area contributed by atoms with E-state index in [1.54, 1.807) is 0 Å². The number of para-hydroxylation sites is 1. The lowest BCUT2D eigenvalue weighted by atomic mass is 10.1. The van der Waals surface area contributed by atoms with Crippen LogP contribution in [-0.4, -0.2) is 37.2 Å². The van der Waals surface area contributed by atoms with Crippen LogP contribution in [0.2, 0.25) is 0 Å². The van der Waals surface area contributed by atoms with E-state index in [4.69, 9.17) is 15.2 Å². The lowest BCUT2D eigenvalue weighted by Gasteiger charge is -2.26. The zero-order valence-electron chi connectivity index (χ0n) is 17.9. The van der Waals surface area contributed by atoms with Crippen molar-refractivity contribution in [3.63, 3.8) is 0 Å². The number of nitrogens with one attached hydrogen (secondary N) is 1. The van der Waals surface area contributed by atoms with Crippen LogP contribution in [0.5, 0.6) is 11.5 Å². The van der Waals surface area contributed by atoms with Gasteiger partial charge in [0.2, 0.25) is 0 Å². The molecule has 1 saturated heterocycles. The Bertz CT molecular complexity index is 990. The van der Waals surface area contributed by atoms with Crippen LogP contribution in [0, 0.1) is 0 Å². The first kappa shape index (κ1) is 24.0. The molecule has 1 aliphatic rings. The molecule has 4 rings (SSSR count). The second kappa shape index (κ2) is 12.4. The zero-order chi connectivity index (χ0) is 21.3. The summed E-state index contributed by atoms with van der Waals surface area (Å²) in [7, 11) is 0. The molecule has 0 radical (unpaired) electrons. The predicted octanol–water partition coefficient (Wildman–Crippen LogP) is 4.86. The van der Waals surface area contributed by atoms with Gasteiger partial charge in [-0.3, -0.25) is 4.90 Å². The third-order valence-electron chi connectivity index (χ3n) is 5.05. The van der Waals surface area contributed by atoms with Crippen LogP contribution in [0.3, 0.4) is 0 Å². The molecule has 7 heteroatoms. The quantitative estimate of drug-likeness (QED) is 0.253. The van der Waals surface area contributed by atoms with Gasteiger partial charge in [-0.1, -0.05) is 48.5 Å². The van der Waals surface area contributed by atoms with Crippen LogP contribution in [0.4, 0.5) is 5.69 Å². The average Bonchev–Trinajstić information content (AvgIpc) is 2.80. The normalized spacial score (nSPS) is 14.4. The Balaban J connectivity index is 0.00000289. The van der Waals surface area contributed by atoms with E-state index >= 15 is 0 Å². The topological polar surface area (TPSA) is 72.1 Å². The number of nitrogens with zero attached hydrogens (tertiary/aromatic N) is 2. The van der Waals surface area contributed by atoms with Crippen LogP contribution >= 0.6 is 24.0 Å². The minimum atomic E-state index is 0. The van der Waals surface area contributed by atoms with Crippen molar-refractivity contribution in [3.8, 4) is 11.5 Å². The summed E-state index contributed by atoms with van der Waals surface area (Å²) in [4.78, 5) is 6.88. The Morgan fingerprint density at radius 3 is 2.34 bits per heavy atom. The number of anilines is 1. The molecular formula is C25H29IN4O2. The summed E-state index contributed by atoms with van der Waals surface area (Å²) >= 11 is 0. The number of morpholine rings is 1. The second-order valence-corrected chi connectivity index (χ2v) is 7.47. The molecular weight excluding hydrogens is 515 g/mol. The van der Waals surface area contributed by atoms with Crippen LogP contribution in [0.25, 0.3) is 0 Å². The van der Waals surface area contributed by atoms with Gasteiger partial charge >= 0.3 is 0 Å². The smallest absolute Gasteiger partial charge is 0.193 e. The van der Waals surface area contributed by atoms with E-state index in [9.17, 15) is 0 Å². The number of guanidine groups is 1. The van der Waals surface area contributed by atoms with Crippen molar-refractivity contribution in [1.82, 2.24) is 4.90 Å². The molecule has 6 nitrogen and oxygen atoms in total. The second-order valence-electron chi connectivity index (χ2n) is 7.47. The monoisotopic (exact) mass is 544 g/mol. The van der Waals surface area contributed by atoms with Crippen LogP contribution in [0.1, 0.15) is 11.1 Å². The van der Waals surface area contributed by atoms with E-state index in [-0.39, 0.29) is 24.0 Å². The highest BCUT2D eigenvalue weighted by atomic mass is 127. The Morgan fingerprint density at radius 2 is 1.59 bits per heavy atom. The summed E-state index contributed by atoms with van der Waals surface area (Å²) in [6.45, 7) is 5.10. The summed E-state index contributed by atoms with van der Waals surface area (Å²) in [5.41, 5.74) is 9.34. The van der Waals surface area contributed by atoms with Gasteiger partial charge in [-0.25, -0.2) is 4.99 Å². The summed E-state index contributed by atoms with van der Waals surface area (Å²) in [5.74, 6) is 1.90. The molecule has 0 amide bonds.